The number of aromatic nitrogens is 1. The molecule has 2 aromatic rings. The summed E-state index contributed by atoms with van der Waals surface area (Å²) in [4.78, 5) is 3.50. The quantitative estimate of drug-likeness (QED) is 0.837. The number of hydrogen-bond acceptors (Lipinski definition) is 3. The molecule has 0 bridgehead atoms. The Morgan fingerprint density at radius 1 is 1.10 bits per heavy atom. The molecule has 1 aromatic carbocycles. The van der Waals surface area contributed by atoms with Crippen LogP contribution in [0, 0.1) is 0 Å². The van der Waals surface area contributed by atoms with Gasteiger partial charge in [0.05, 0.1) is 6.42 Å². The van der Waals surface area contributed by atoms with Gasteiger partial charge in [-0.3, -0.25) is 0 Å². The van der Waals surface area contributed by atoms with Gasteiger partial charge in [0, 0.05) is 10.7 Å². The Bertz CT molecular complexity index is 688. The first-order valence-corrected chi connectivity index (χ1v) is 7.88. The van der Waals surface area contributed by atoms with E-state index in [0.29, 0.717) is 0 Å². The van der Waals surface area contributed by atoms with Crippen molar-refractivity contribution in [2.45, 2.75) is 16.7 Å². The van der Waals surface area contributed by atoms with Crippen molar-refractivity contribution in [2.24, 2.45) is 0 Å². The molecule has 0 amide bonds. The van der Waals surface area contributed by atoms with Crippen LogP contribution in [0.5, 0.6) is 0 Å². The number of benzene rings is 1. The SMILES string of the molecule is O=S(=O)(c1ccccn1)C(F)(F)Cc1ccc(Br)cc1. The van der Waals surface area contributed by atoms with E-state index in [2.05, 4.69) is 20.9 Å². The van der Waals surface area contributed by atoms with Crippen molar-refractivity contribution in [3.05, 3.63) is 58.7 Å². The molecule has 2 rings (SSSR count). The summed E-state index contributed by atoms with van der Waals surface area (Å²) in [6.45, 7) is 0. The molecule has 1 heterocycles. The molecule has 0 saturated carbocycles. The number of halogens is 3. The summed E-state index contributed by atoms with van der Waals surface area (Å²) in [6.07, 6.45) is 0.280. The van der Waals surface area contributed by atoms with E-state index in [1.165, 1.54) is 30.5 Å². The van der Waals surface area contributed by atoms with Crippen LogP contribution in [0.3, 0.4) is 0 Å². The second-order valence-electron chi connectivity index (χ2n) is 4.11. The Kier molecular flexibility index (Phi) is 4.19. The molecule has 3 nitrogen and oxygen atoms in total. The zero-order chi connectivity index (χ0) is 14.8. The van der Waals surface area contributed by atoms with Gasteiger partial charge in [-0.15, -0.1) is 0 Å². The van der Waals surface area contributed by atoms with E-state index in [-0.39, 0.29) is 5.56 Å². The molecule has 106 valence electrons. The summed E-state index contributed by atoms with van der Waals surface area (Å²) < 4.78 is 52.6. The number of nitrogens with zero attached hydrogens (tertiary/aromatic N) is 1. The molecule has 0 radical (unpaired) electrons. The van der Waals surface area contributed by atoms with Crippen molar-refractivity contribution >= 4 is 25.8 Å². The van der Waals surface area contributed by atoms with Gasteiger partial charge >= 0.3 is 5.25 Å². The summed E-state index contributed by atoms with van der Waals surface area (Å²) in [5, 5.41) is -4.53. The molecular formula is C13H10BrF2NO2S. The fraction of sp³-hybridized carbons (Fsp3) is 0.154. The lowest BCUT2D eigenvalue weighted by Gasteiger charge is -2.16. The highest BCUT2D eigenvalue weighted by molar-refractivity contribution is 9.10. The van der Waals surface area contributed by atoms with Crippen molar-refractivity contribution < 1.29 is 17.2 Å². The lowest BCUT2D eigenvalue weighted by atomic mass is 10.2. The minimum absolute atomic E-state index is 0.234. The predicted octanol–water partition coefficient (Wildman–Crippen LogP) is 3.45. The van der Waals surface area contributed by atoms with Crippen molar-refractivity contribution in [3.63, 3.8) is 0 Å². The first-order valence-electron chi connectivity index (χ1n) is 5.61. The normalized spacial score (nSPS) is 12.3. The Hall–Kier alpha value is -1.34. The van der Waals surface area contributed by atoms with E-state index in [1.54, 1.807) is 12.1 Å². The molecule has 0 spiro atoms. The van der Waals surface area contributed by atoms with E-state index >= 15 is 0 Å². The van der Waals surface area contributed by atoms with Gasteiger partial charge in [-0.25, -0.2) is 13.4 Å². The Balaban J connectivity index is 2.32. The number of rotatable bonds is 4. The van der Waals surface area contributed by atoms with Gasteiger partial charge in [0.1, 0.15) is 0 Å². The van der Waals surface area contributed by atoms with Crippen molar-refractivity contribution in [1.29, 1.82) is 0 Å². The first-order chi connectivity index (χ1) is 9.33. The summed E-state index contributed by atoms with van der Waals surface area (Å²) in [5.74, 6) is 0. The molecular weight excluding hydrogens is 352 g/mol. The minimum atomic E-state index is -4.80. The number of pyridine rings is 1. The summed E-state index contributed by atoms with van der Waals surface area (Å²) in [6, 6.07) is 9.95. The average Bonchev–Trinajstić information content (AvgIpc) is 2.42. The third-order valence-electron chi connectivity index (χ3n) is 2.63. The average molecular weight is 362 g/mol. The van der Waals surface area contributed by atoms with Crippen LogP contribution in [0.25, 0.3) is 0 Å². The largest absolute Gasteiger partial charge is 0.355 e. The van der Waals surface area contributed by atoms with Gasteiger partial charge in [-0.05, 0) is 29.8 Å². The Morgan fingerprint density at radius 2 is 1.75 bits per heavy atom. The highest BCUT2D eigenvalue weighted by Crippen LogP contribution is 2.31. The van der Waals surface area contributed by atoms with E-state index < -0.39 is 26.5 Å². The van der Waals surface area contributed by atoms with Crippen LogP contribution in [0.2, 0.25) is 0 Å². The number of alkyl halides is 2. The van der Waals surface area contributed by atoms with Crippen molar-refractivity contribution in [1.82, 2.24) is 4.98 Å². The van der Waals surface area contributed by atoms with Gasteiger partial charge < -0.3 is 0 Å². The maximum Gasteiger partial charge on any atom is 0.355 e. The third kappa shape index (κ3) is 3.04. The van der Waals surface area contributed by atoms with Crippen LogP contribution in [0.4, 0.5) is 8.78 Å². The summed E-state index contributed by atoms with van der Waals surface area (Å²) >= 11 is 3.19. The fourth-order valence-corrected chi connectivity index (χ4v) is 2.98. The van der Waals surface area contributed by atoms with Crippen LogP contribution >= 0.6 is 15.9 Å². The minimum Gasteiger partial charge on any atom is -0.245 e. The molecule has 20 heavy (non-hydrogen) atoms. The molecule has 7 heteroatoms. The smallest absolute Gasteiger partial charge is 0.245 e. The molecule has 0 fully saturated rings. The number of sulfone groups is 1. The molecule has 0 saturated heterocycles. The van der Waals surface area contributed by atoms with Crippen LogP contribution in [0.1, 0.15) is 5.56 Å². The van der Waals surface area contributed by atoms with Gasteiger partial charge in [0.25, 0.3) is 9.84 Å². The van der Waals surface area contributed by atoms with Crippen LogP contribution in [-0.4, -0.2) is 18.7 Å². The predicted molar refractivity (Wildman–Crippen MR) is 74.2 cm³/mol. The maximum absolute atomic E-state index is 14.0. The number of hydrogen-bond donors (Lipinski definition) is 0. The standard InChI is InChI=1S/C13H10BrF2NO2S/c14-11-6-4-10(5-7-11)9-13(15,16)20(18,19)12-3-1-2-8-17-12/h1-8H,9H2. The van der Waals surface area contributed by atoms with Gasteiger partial charge in [-0.2, -0.15) is 8.78 Å². The third-order valence-corrected chi connectivity index (χ3v) is 4.88. The molecule has 0 unspecified atom stereocenters. The molecule has 0 N–H and O–H groups in total. The molecule has 0 atom stereocenters. The van der Waals surface area contributed by atoms with Crippen LogP contribution in [0.15, 0.2) is 58.2 Å². The van der Waals surface area contributed by atoms with Gasteiger partial charge in [0.2, 0.25) is 0 Å². The lowest BCUT2D eigenvalue weighted by Crippen LogP contribution is -2.32. The highest BCUT2D eigenvalue weighted by atomic mass is 79.9. The molecule has 1 aromatic heterocycles. The summed E-state index contributed by atoms with van der Waals surface area (Å²) in [5.41, 5.74) is 0.234. The summed E-state index contributed by atoms with van der Waals surface area (Å²) in [7, 11) is -4.80. The van der Waals surface area contributed by atoms with E-state index in [0.717, 1.165) is 10.5 Å². The molecule has 0 aliphatic carbocycles. The highest BCUT2D eigenvalue weighted by Gasteiger charge is 2.46. The van der Waals surface area contributed by atoms with Gasteiger partial charge in [0.15, 0.2) is 5.03 Å². The van der Waals surface area contributed by atoms with Gasteiger partial charge in [-0.1, -0.05) is 34.1 Å². The monoisotopic (exact) mass is 361 g/mol. The molecule has 0 aliphatic rings. The molecule has 0 aliphatic heterocycles. The first kappa shape index (κ1) is 15.1. The maximum atomic E-state index is 14.0. The zero-order valence-electron chi connectivity index (χ0n) is 10.1. The second-order valence-corrected chi connectivity index (χ2v) is 7.05. The van der Waals surface area contributed by atoms with E-state index in [1.807, 2.05) is 0 Å². The van der Waals surface area contributed by atoms with Crippen LogP contribution < -0.4 is 0 Å². The Labute approximate surface area is 123 Å². The fourth-order valence-electron chi connectivity index (χ4n) is 1.59. The Morgan fingerprint density at radius 3 is 2.30 bits per heavy atom. The van der Waals surface area contributed by atoms with E-state index in [4.69, 9.17) is 0 Å². The van der Waals surface area contributed by atoms with Crippen molar-refractivity contribution in [3.8, 4) is 0 Å². The lowest BCUT2D eigenvalue weighted by molar-refractivity contribution is 0.0921. The van der Waals surface area contributed by atoms with Crippen LogP contribution in [-0.2, 0) is 16.3 Å². The zero-order valence-corrected chi connectivity index (χ0v) is 12.5. The topological polar surface area (TPSA) is 47.0 Å². The van der Waals surface area contributed by atoms with E-state index in [9.17, 15) is 17.2 Å². The second kappa shape index (κ2) is 5.57. The van der Waals surface area contributed by atoms with Crippen molar-refractivity contribution in [2.75, 3.05) is 0 Å².